The van der Waals surface area contributed by atoms with Crippen molar-refractivity contribution in [2.45, 2.75) is 11.3 Å². The number of amides is 1. The van der Waals surface area contributed by atoms with Crippen LogP contribution in [-0.4, -0.2) is 35.0 Å². The smallest absolute Gasteiger partial charge is 0.264 e. The zero-order chi connectivity index (χ0) is 21.3. The molecule has 0 saturated heterocycles. The maximum Gasteiger partial charge on any atom is 0.264 e. The Bertz CT molecular complexity index is 1190. The first-order valence-electron chi connectivity index (χ1n) is 9.54. The van der Waals surface area contributed by atoms with Gasteiger partial charge in [-0.25, -0.2) is 8.42 Å². The van der Waals surface area contributed by atoms with Gasteiger partial charge in [0.05, 0.1) is 17.7 Å². The molecule has 4 rings (SSSR count). The molecule has 3 aromatic carbocycles. The Hall–Kier alpha value is -3.32. The highest BCUT2D eigenvalue weighted by Gasteiger charge is 2.27. The number of carbonyl (C=O) groups excluding carboxylic acids is 1. The maximum absolute atomic E-state index is 13.2. The van der Waals surface area contributed by atoms with Crippen molar-refractivity contribution in [1.82, 2.24) is 0 Å². The van der Waals surface area contributed by atoms with Crippen molar-refractivity contribution < 1.29 is 17.9 Å². The number of nitrogens with zero attached hydrogens (tertiary/aromatic N) is 2. The van der Waals surface area contributed by atoms with Crippen molar-refractivity contribution in [2.75, 3.05) is 29.9 Å². The Kier molecular flexibility index (Phi) is 5.22. The van der Waals surface area contributed by atoms with Crippen LogP contribution < -0.4 is 13.9 Å². The summed E-state index contributed by atoms with van der Waals surface area (Å²) in [5, 5.41) is 0. The normalized spacial score (nSPS) is 13.1. The minimum Gasteiger partial charge on any atom is -0.497 e. The molecule has 3 aromatic rings. The predicted molar refractivity (Wildman–Crippen MR) is 117 cm³/mol. The molecule has 1 aliphatic heterocycles. The fraction of sp³-hybridized carbons (Fsp3) is 0.174. The summed E-state index contributed by atoms with van der Waals surface area (Å²) < 4.78 is 32.6. The number of sulfonamides is 1. The first-order valence-corrected chi connectivity index (χ1v) is 11.0. The van der Waals surface area contributed by atoms with Crippen LogP contribution in [0.4, 0.5) is 11.4 Å². The first-order chi connectivity index (χ1) is 14.4. The second-order valence-corrected chi connectivity index (χ2v) is 9.00. The third-order valence-electron chi connectivity index (χ3n) is 5.31. The van der Waals surface area contributed by atoms with Crippen LogP contribution in [0.25, 0.3) is 0 Å². The lowest BCUT2D eigenvalue weighted by Crippen LogP contribution is -2.30. The summed E-state index contributed by atoms with van der Waals surface area (Å²) >= 11 is 0. The summed E-state index contributed by atoms with van der Waals surface area (Å²) in [6.45, 7) is 0.584. The van der Waals surface area contributed by atoms with Crippen LogP contribution in [-0.2, 0) is 16.4 Å². The van der Waals surface area contributed by atoms with Gasteiger partial charge in [-0.1, -0.05) is 24.3 Å². The molecule has 0 aromatic heterocycles. The predicted octanol–water partition coefficient (Wildman–Crippen LogP) is 3.72. The van der Waals surface area contributed by atoms with Crippen LogP contribution in [0, 0.1) is 0 Å². The summed E-state index contributed by atoms with van der Waals surface area (Å²) in [6, 6.07) is 20.7. The number of anilines is 2. The Morgan fingerprint density at radius 2 is 1.73 bits per heavy atom. The number of hydrogen-bond donors (Lipinski definition) is 0. The molecule has 0 radical (unpaired) electrons. The van der Waals surface area contributed by atoms with Gasteiger partial charge in [0.2, 0.25) is 0 Å². The molecule has 0 fully saturated rings. The van der Waals surface area contributed by atoms with Gasteiger partial charge in [-0.2, -0.15) is 0 Å². The lowest BCUT2D eigenvalue weighted by atomic mass is 10.1. The molecular formula is C23H22N2O4S. The van der Waals surface area contributed by atoms with Crippen LogP contribution in [0.3, 0.4) is 0 Å². The highest BCUT2D eigenvalue weighted by molar-refractivity contribution is 7.92. The number of ether oxygens (including phenoxy) is 1. The molecule has 30 heavy (non-hydrogen) atoms. The summed E-state index contributed by atoms with van der Waals surface area (Å²) in [4.78, 5) is 14.9. The van der Waals surface area contributed by atoms with E-state index < -0.39 is 10.0 Å². The molecule has 154 valence electrons. The average Bonchev–Trinajstić information content (AvgIpc) is 3.22. The molecule has 0 bridgehead atoms. The van der Waals surface area contributed by atoms with Gasteiger partial charge in [-0.05, 0) is 60.5 Å². The maximum atomic E-state index is 13.2. The second kappa shape index (κ2) is 7.84. The number of benzene rings is 3. The fourth-order valence-electron chi connectivity index (χ4n) is 3.58. The van der Waals surface area contributed by atoms with Crippen molar-refractivity contribution in [3.05, 3.63) is 83.9 Å². The van der Waals surface area contributed by atoms with Crippen LogP contribution in [0.5, 0.6) is 5.75 Å². The van der Waals surface area contributed by atoms with Crippen LogP contribution in [0.1, 0.15) is 15.9 Å². The molecule has 1 heterocycles. The van der Waals surface area contributed by atoms with E-state index >= 15 is 0 Å². The van der Waals surface area contributed by atoms with E-state index in [1.165, 1.54) is 23.5 Å². The van der Waals surface area contributed by atoms with Gasteiger partial charge < -0.3 is 9.64 Å². The Morgan fingerprint density at radius 1 is 1.00 bits per heavy atom. The third kappa shape index (κ3) is 3.52. The second-order valence-electron chi connectivity index (χ2n) is 7.03. The molecule has 0 spiro atoms. The molecule has 0 aliphatic carbocycles. The SMILES string of the molecule is COc1ccc(N(C)S(=O)(=O)c2cccc(C(=O)N3CCc4ccccc43)c2)cc1. The van der Waals surface area contributed by atoms with Crippen LogP contribution >= 0.6 is 0 Å². The quantitative estimate of drug-likeness (QED) is 0.629. The topological polar surface area (TPSA) is 66.9 Å². The van der Waals surface area contributed by atoms with Gasteiger partial charge in [-0.3, -0.25) is 9.10 Å². The lowest BCUT2D eigenvalue weighted by molar-refractivity contribution is 0.0989. The van der Waals surface area contributed by atoms with E-state index in [2.05, 4.69) is 0 Å². The summed E-state index contributed by atoms with van der Waals surface area (Å²) in [5.74, 6) is 0.437. The average molecular weight is 423 g/mol. The Balaban J connectivity index is 1.63. The van der Waals surface area contributed by atoms with Crippen LogP contribution in [0.2, 0.25) is 0 Å². The Labute approximate surface area is 176 Å². The standard InChI is InChI=1S/C23H22N2O4S/c1-24(19-10-12-20(29-2)13-11-19)30(27,28)21-8-5-7-18(16-21)23(26)25-15-14-17-6-3-4-9-22(17)25/h3-13,16H,14-15H2,1-2H3. The van der Waals surface area contributed by atoms with Gasteiger partial charge in [-0.15, -0.1) is 0 Å². The molecular weight excluding hydrogens is 400 g/mol. The van der Waals surface area contributed by atoms with Gasteiger partial charge in [0.1, 0.15) is 5.75 Å². The molecule has 0 atom stereocenters. The zero-order valence-electron chi connectivity index (χ0n) is 16.8. The van der Waals surface area contributed by atoms with Crippen molar-refractivity contribution in [3.63, 3.8) is 0 Å². The van der Waals surface area contributed by atoms with E-state index in [0.29, 0.717) is 23.5 Å². The first kappa shape index (κ1) is 20.0. The largest absolute Gasteiger partial charge is 0.497 e. The van der Waals surface area contributed by atoms with Gasteiger partial charge in [0, 0.05) is 24.8 Å². The van der Waals surface area contributed by atoms with E-state index in [1.54, 1.807) is 48.4 Å². The number of carbonyl (C=O) groups is 1. The van der Waals surface area contributed by atoms with E-state index in [0.717, 1.165) is 17.7 Å². The molecule has 1 aliphatic rings. The number of para-hydroxylation sites is 1. The van der Waals surface area contributed by atoms with E-state index in [4.69, 9.17) is 4.74 Å². The van der Waals surface area contributed by atoms with Crippen molar-refractivity contribution in [2.24, 2.45) is 0 Å². The summed E-state index contributed by atoms with van der Waals surface area (Å²) in [7, 11) is -0.789. The van der Waals surface area contributed by atoms with E-state index in [1.807, 2.05) is 24.3 Å². The minimum atomic E-state index is -3.83. The number of rotatable bonds is 5. The third-order valence-corrected chi connectivity index (χ3v) is 7.09. The Morgan fingerprint density at radius 3 is 2.47 bits per heavy atom. The highest BCUT2D eigenvalue weighted by Crippen LogP contribution is 2.30. The number of methoxy groups -OCH3 is 1. The molecule has 0 unspecified atom stereocenters. The number of fused-ring (bicyclic) bond motifs is 1. The zero-order valence-corrected chi connectivity index (χ0v) is 17.6. The van der Waals surface area contributed by atoms with Crippen molar-refractivity contribution in [3.8, 4) is 5.75 Å². The minimum absolute atomic E-state index is 0.0687. The van der Waals surface area contributed by atoms with Gasteiger partial charge in [0.15, 0.2) is 0 Å². The van der Waals surface area contributed by atoms with E-state index in [-0.39, 0.29) is 10.8 Å². The van der Waals surface area contributed by atoms with Crippen molar-refractivity contribution in [1.29, 1.82) is 0 Å². The molecule has 6 nitrogen and oxygen atoms in total. The summed E-state index contributed by atoms with van der Waals surface area (Å²) in [5.41, 5.74) is 2.84. The molecule has 7 heteroatoms. The van der Waals surface area contributed by atoms with Crippen molar-refractivity contribution >= 4 is 27.3 Å². The molecule has 1 amide bonds. The molecule has 0 N–H and O–H groups in total. The highest BCUT2D eigenvalue weighted by atomic mass is 32.2. The van der Waals surface area contributed by atoms with E-state index in [9.17, 15) is 13.2 Å². The monoisotopic (exact) mass is 422 g/mol. The summed E-state index contributed by atoms with van der Waals surface area (Å²) in [6.07, 6.45) is 0.792. The number of hydrogen-bond acceptors (Lipinski definition) is 4. The lowest BCUT2D eigenvalue weighted by Gasteiger charge is -2.21. The fourth-order valence-corrected chi connectivity index (χ4v) is 4.83. The van der Waals surface area contributed by atoms with Gasteiger partial charge >= 0.3 is 0 Å². The van der Waals surface area contributed by atoms with Gasteiger partial charge in [0.25, 0.3) is 15.9 Å². The molecule has 0 saturated carbocycles. The van der Waals surface area contributed by atoms with Crippen LogP contribution in [0.15, 0.2) is 77.7 Å².